The number of rotatable bonds is 6. The Morgan fingerprint density at radius 1 is 1.71 bits per heavy atom. The highest BCUT2D eigenvalue weighted by atomic mass is 35.5. The number of ether oxygens (including phenoxy) is 1. The zero-order valence-electron chi connectivity index (χ0n) is 9.31. The molecular weight excluding hydrogens is 244 g/mol. The maximum Gasteiger partial charge on any atom is 0.328 e. The molecule has 1 heterocycles. The molecule has 6 heteroatoms. The first kappa shape index (κ1) is 13.5. The minimum atomic E-state index is -1.01. The van der Waals surface area contributed by atoms with Gasteiger partial charge in [-0.25, -0.2) is 9.78 Å². The van der Waals surface area contributed by atoms with Crippen molar-refractivity contribution in [2.45, 2.75) is 0 Å². The van der Waals surface area contributed by atoms with Gasteiger partial charge in [0.2, 0.25) is 0 Å². The first-order valence-electron chi connectivity index (χ1n) is 4.93. The van der Waals surface area contributed by atoms with Gasteiger partial charge in [-0.2, -0.15) is 0 Å². The van der Waals surface area contributed by atoms with Crippen LogP contribution in [0.5, 0.6) is 0 Å². The number of carbonyl (C=O) groups is 1. The van der Waals surface area contributed by atoms with Crippen molar-refractivity contribution < 1.29 is 14.6 Å². The Kier molecular flexibility index (Phi) is 5.45. The van der Waals surface area contributed by atoms with Crippen molar-refractivity contribution >= 4 is 29.5 Å². The summed E-state index contributed by atoms with van der Waals surface area (Å²) in [4.78, 5) is 14.4. The highest BCUT2D eigenvalue weighted by Crippen LogP contribution is 2.20. The third kappa shape index (κ3) is 4.84. The minimum Gasteiger partial charge on any atom is -0.478 e. The van der Waals surface area contributed by atoms with Crippen LogP contribution in [-0.4, -0.2) is 36.3 Å². The zero-order chi connectivity index (χ0) is 12.7. The van der Waals surface area contributed by atoms with E-state index in [2.05, 4.69) is 10.3 Å². The summed E-state index contributed by atoms with van der Waals surface area (Å²) in [6.45, 7) is 1.16. The van der Waals surface area contributed by atoms with Crippen LogP contribution in [0.3, 0.4) is 0 Å². The molecule has 0 aliphatic carbocycles. The second kappa shape index (κ2) is 6.88. The average Bonchev–Trinajstić information content (AvgIpc) is 2.29. The van der Waals surface area contributed by atoms with Crippen LogP contribution in [0.25, 0.3) is 6.08 Å². The van der Waals surface area contributed by atoms with Crippen LogP contribution < -0.4 is 5.32 Å². The number of halogens is 1. The van der Waals surface area contributed by atoms with Gasteiger partial charge in [0.05, 0.1) is 11.6 Å². The van der Waals surface area contributed by atoms with E-state index >= 15 is 0 Å². The summed E-state index contributed by atoms with van der Waals surface area (Å²) in [5.74, 6) is -0.459. The molecule has 0 atom stereocenters. The number of pyridine rings is 1. The lowest BCUT2D eigenvalue weighted by molar-refractivity contribution is -0.131. The van der Waals surface area contributed by atoms with Gasteiger partial charge in [-0.1, -0.05) is 11.6 Å². The fourth-order valence-electron chi connectivity index (χ4n) is 1.11. The van der Waals surface area contributed by atoms with Gasteiger partial charge in [0.25, 0.3) is 0 Å². The smallest absolute Gasteiger partial charge is 0.328 e. The largest absolute Gasteiger partial charge is 0.478 e. The number of carboxylic acids is 1. The molecule has 0 aliphatic heterocycles. The van der Waals surface area contributed by atoms with Crippen molar-refractivity contribution in [2.24, 2.45) is 0 Å². The average molecular weight is 257 g/mol. The van der Waals surface area contributed by atoms with Crippen molar-refractivity contribution in [3.63, 3.8) is 0 Å². The molecule has 0 saturated carbocycles. The Labute approximate surface area is 104 Å². The summed E-state index contributed by atoms with van der Waals surface area (Å²) in [7, 11) is 1.61. The van der Waals surface area contributed by atoms with Crippen LogP contribution in [0.2, 0.25) is 5.02 Å². The van der Waals surface area contributed by atoms with Gasteiger partial charge in [-0.15, -0.1) is 0 Å². The van der Waals surface area contributed by atoms with E-state index in [1.54, 1.807) is 19.4 Å². The van der Waals surface area contributed by atoms with Gasteiger partial charge in [-0.3, -0.25) is 0 Å². The van der Waals surface area contributed by atoms with Gasteiger partial charge < -0.3 is 15.2 Å². The van der Waals surface area contributed by atoms with Crippen LogP contribution in [0.4, 0.5) is 5.82 Å². The van der Waals surface area contributed by atoms with E-state index in [0.29, 0.717) is 29.6 Å². The second-order valence-electron chi connectivity index (χ2n) is 3.19. The molecule has 1 aromatic rings. The molecule has 0 radical (unpaired) electrons. The Bertz CT molecular complexity index is 421. The highest BCUT2D eigenvalue weighted by molar-refractivity contribution is 6.33. The van der Waals surface area contributed by atoms with Gasteiger partial charge in [0.1, 0.15) is 5.82 Å². The monoisotopic (exact) mass is 256 g/mol. The molecule has 0 aliphatic rings. The summed E-state index contributed by atoms with van der Waals surface area (Å²) in [6, 6.07) is 1.64. The predicted octanol–water partition coefficient (Wildman–Crippen LogP) is 1.89. The minimum absolute atomic E-state index is 0.439. The van der Waals surface area contributed by atoms with Crippen molar-refractivity contribution in [3.8, 4) is 0 Å². The molecule has 0 bridgehead atoms. The lowest BCUT2D eigenvalue weighted by Crippen LogP contribution is -2.09. The molecule has 0 unspecified atom stereocenters. The fraction of sp³-hybridized carbons (Fsp3) is 0.273. The number of hydrogen-bond donors (Lipinski definition) is 2. The molecule has 0 aromatic carbocycles. The maximum absolute atomic E-state index is 10.3. The van der Waals surface area contributed by atoms with Crippen molar-refractivity contribution in [1.82, 2.24) is 4.98 Å². The predicted molar refractivity (Wildman–Crippen MR) is 66.3 cm³/mol. The molecule has 0 saturated heterocycles. The molecule has 17 heavy (non-hydrogen) atoms. The normalized spacial score (nSPS) is 10.7. The molecular formula is C11H13ClN2O3. The van der Waals surface area contributed by atoms with E-state index in [9.17, 15) is 4.79 Å². The third-order valence-corrected chi connectivity index (χ3v) is 2.17. The van der Waals surface area contributed by atoms with Crippen LogP contribution in [0.15, 0.2) is 18.3 Å². The summed E-state index contributed by atoms with van der Waals surface area (Å²) >= 11 is 5.98. The molecule has 1 rings (SSSR count). The SMILES string of the molecule is COCCNc1ncc(/C=C/C(=O)O)cc1Cl. The van der Waals surface area contributed by atoms with Crippen molar-refractivity contribution in [2.75, 3.05) is 25.6 Å². The van der Waals surface area contributed by atoms with Crippen molar-refractivity contribution in [3.05, 3.63) is 28.9 Å². The maximum atomic E-state index is 10.3. The Morgan fingerprint density at radius 2 is 2.47 bits per heavy atom. The lowest BCUT2D eigenvalue weighted by Gasteiger charge is -2.06. The molecule has 5 nitrogen and oxygen atoms in total. The molecule has 2 N–H and O–H groups in total. The van der Waals surface area contributed by atoms with Gasteiger partial charge in [-0.05, 0) is 17.7 Å². The second-order valence-corrected chi connectivity index (χ2v) is 3.60. The summed E-state index contributed by atoms with van der Waals surface area (Å²) in [6.07, 6.45) is 4.01. The first-order valence-corrected chi connectivity index (χ1v) is 5.30. The van der Waals surface area contributed by atoms with E-state index in [-0.39, 0.29) is 0 Å². The van der Waals surface area contributed by atoms with E-state index < -0.39 is 5.97 Å². The Morgan fingerprint density at radius 3 is 3.06 bits per heavy atom. The number of carboxylic acid groups (broad SMARTS) is 1. The number of anilines is 1. The summed E-state index contributed by atoms with van der Waals surface area (Å²) in [5.41, 5.74) is 0.634. The number of hydrogen-bond acceptors (Lipinski definition) is 4. The standard InChI is InChI=1S/C11H13ClN2O3/c1-17-5-4-13-11-9(12)6-8(7-14-11)2-3-10(15)16/h2-3,6-7H,4-5H2,1H3,(H,13,14)(H,15,16)/b3-2+. The van der Waals surface area contributed by atoms with Crippen molar-refractivity contribution in [1.29, 1.82) is 0 Å². The summed E-state index contributed by atoms with van der Waals surface area (Å²) < 4.78 is 4.88. The number of nitrogens with zero attached hydrogens (tertiary/aromatic N) is 1. The van der Waals surface area contributed by atoms with Crippen LogP contribution in [0.1, 0.15) is 5.56 Å². The van der Waals surface area contributed by atoms with E-state index in [1.807, 2.05) is 0 Å². The Balaban J connectivity index is 2.69. The molecule has 1 aromatic heterocycles. The van der Waals surface area contributed by atoms with E-state index in [0.717, 1.165) is 6.08 Å². The Hall–Kier alpha value is -1.59. The van der Waals surface area contributed by atoms with Gasteiger partial charge in [0, 0.05) is 25.9 Å². The molecule has 0 fully saturated rings. The number of nitrogens with one attached hydrogen (secondary N) is 1. The summed E-state index contributed by atoms with van der Waals surface area (Å²) in [5, 5.41) is 11.9. The van der Waals surface area contributed by atoms with Gasteiger partial charge in [0.15, 0.2) is 0 Å². The number of aliphatic carboxylic acids is 1. The van der Waals surface area contributed by atoms with Crippen LogP contribution >= 0.6 is 11.6 Å². The number of methoxy groups -OCH3 is 1. The fourth-order valence-corrected chi connectivity index (χ4v) is 1.35. The van der Waals surface area contributed by atoms with E-state index in [1.165, 1.54) is 6.08 Å². The molecule has 92 valence electrons. The van der Waals surface area contributed by atoms with Gasteiger partial charge >= 0.3 is 5.97 Å². The number of aromatic nitrogens is 1. The molecule has 0 spiro atoms. The zero-order valence-corrected chi connectivity index (χ0v) is 10.1. The highest BCUT2D eigenvalue weighted by Gasteiger charge is 2.01. The van der Waals surface area contributed by atoms with Crippen LogP contribution in [-0.2, 0) is 9.53 Å². The first-order chi connectivity index (χ1) is 8.13. The van der Waals surface area contributed by atoms with E-state index in [4.69, 9.17) is 21.4 Å². The quantitative estimate of drug-likeness (QED) is 0.601. The lowest BCUT2D eigenvalue weighted by atomic mass is 10.2. The third-order valence-electron chi connectivity index (χ3n) is 1.88. The van der Waals surface area contributed by atoms with Crippen LogP contribution in [0, 0.1) is 0 Å². The topological polar surface area (TPSA) is 71.5 Å². The molecule has 0 amide bonds.